The molecule has 0 atom stereocenters. The van der Waals surface area contributed by atoms with Gasteiger partial charge < -0.3 is 4.90 Å². The molecule has 2 aromatic rings. The van der Waals surface area contributed by atoms with Crippen LogP contribution in [0.3, 0.4) is 0 Å². The van der Waals surface area contributed by atoms with E-state index >= 15 is 0 Å². The maximum atomic E-state index is 4.86. The van der Waals surface area contributed by atoms with Crippen LogP contribution in [0.4, 0.5) is 5.13 Å². The molecule has 1 heterocycles. The number of para-hydroxylation sites is 1. The van der Waals surface area contributed by atoms with E-state index in [9.17, 15) is 0 Å². The number of fused-ring (bicyclic) bond motifs is 1. The third kappa shape index (κ3) is 3.47. The maximum absolute atomic E-state index is 4.86. The first-order chi connectivity index (χ1) is 9.26. The summed E-state index contributed by atoms with van der Waals surface area (Å²) in [4.78, 5) is 7.33. The van der Waals surface area contributed by atoms with E-state index in [0.29, 0.717) is 0 Å². The number of benzene rings is 1. The molecule has 0 radical (unpaired) electrons. The van der Waals surface area contributed by atoms with Crippen LogP contribution in [-0.2, 0) is 0 Å². The Morgan fingerprint density at radius 2 is 1.79 bits per heavy atom. The van der Waals surface area contributed by atoms with Crippen LogP contribution in [-0.4, -0.2) is 18.1 Å². The Hall–Kier alpha value is -1.09. The molecule has 2 nitrogen and oxygen atoms in total. The highest BCUT2D eigenvalue weighted by Gasteiger charge is 2.12. The van der Waals surface area contributed by atoms with E-state index < -0.39 is 0 Å². The van der Waals surface area contributed by atoms with E-state index in [4.69, 9.17) is 4.98 Å². The van der Waals surface area contributed by atoms with Gasteiger partial charge in [-0.1, -0.05) is 50.2 Å². The fourth-order valence-corrected chi connectivity index (χ4v) is 3.31. The molecule has 19 heavy (non-hydrogen) atoms. The van der Waals surface area contributed by atoms with Crippen molar-refractivity contribution in [3.05, 3.63) is 23.8 Å². The zero-order valence-corrected chi connectivity index (χ0v) is 13.1. The van der Waals surface area contributed by atoms with Gasteiger partial charge in [0.1, 0.15) is 0 Å². The highest BCUT2D eigenvalue weighted by atomic mass is 32.1. The van der Waals surface area contributed by atoms with Gasteiger partial charge in [0.15, 0.2) is 5.13 Å². The van der Waals surface area contributed by atoms with Gasteiger partial charge in [-0.25, -0.2) is 4.98 Å². The summed E-state index contributed by atoms with van der Waals surface area (Å²) in [5.74, 6) is 0. The highest BCUT2D eigenvalue weighted by Crippen LogP contribution is 2.30. The standard InChI is InChI=1S/C16H24N2S/c1-4-6-11-18(12-7-5-2)16-17-15-13(3)9-8-10-14(15)19-16/h8-10H,4-7,11-12H2,1-3H3. The Labute approximate surface area is 120 Å². The second-order valence-corrected chi connectivity index (χ2v) is 6.12. The Balaban J connectivity index is 2.24. The topological polar surface area (TPSA) is 16.1 Å². The van der Waals surface area contributed by atoms with Gasteiger partial charge in [0.25, 0.3) is 0 Å². The molecule has 1 aromatic carbocycles. The third-order valence-corrected chi connectivity index (χ3v) is 4.52. The number of anilines is 1. The van der Waals surface area contributed by atoms with Crippen molar-refractivity contribution >= 4 is 26.7 Å². The van der Waals surface area contributed by atoms with Crippen LogP contribution in [0.1, 0.15) is 45.1 Å². The van der Waals surface area contributed by atoms with Crippen LogP contribution in [0, 0.1) is 6.92 Å². The van der Waals surface area contributed by atoms with E-state index in [1.165, 1.54) is 46.6 Å². The molecular weight excluding hydrogens is 252 g/mol. The monoisotopic (exact) mass is 276 g/mol. The van der Waals surface area contributed by atoms with Crippen LogP contribution in [0.2, 0.25) is 0 Å². The zero-order valence-electron chi connectivity index (χ0n) is 12.3. The molecule has 1 aromatic heterocycles. The molecule has 104 valence electrons. The summed E-state index contributed by atoms with van der Waals surface area (Å²) in [7, 11) is 0. The van der Waals surface area contributed by atoms with Gasteiger partial charge in [0.2, 0.25) is 0 Å². The van der Waals surface area contributed by atoms with Gasteiger partial charge in [0.05, 0.1) is 10.2 Å². The van der Waals surface area contributed by atoms with E-state index in [2.05, 4.69) is 43.9 Å². The Bertz CT molecular complexity index is 510. The fraction of sp³-hybridized carbons (Fsp3) is 0.562. The van der Waals surface area contributed by atoms with Crippen molar-refractivity contribution in [2.45, 2.75) is 46.5 Å². The molecule has 0 N–H and O–H groups in total. The number of hydrogen-bond acceptors (Lipinski definition) is 3. The molecule has 0 aliphatic carbocycles. The lowest BCUT2D eigenvalue weighted by molar-refractivity contribution is 0.677. The average molecular weight is 276 g/mol. The Morgan fingerprint density at radius 1 is 1.11 bits per heavy atom. The SMILES string of the molecule is CCCCN(CCCC)c1nc2c(C)cccc2s1. The molecule has 0 amide bonds. The van der Waals surface area contributed by atoms with Crippen molar-refractivity contribution in [3.8, 4) is 0 Å². The minimum Gasteiger partial charge on any atom is -0.348 e. The summed E-state index contributed by atoms with van der Waals surface area (Å²) < 4.78 is 1.31. The number of aryl methyl sites for hydroxylation is 1. The number of unbranched alkanes of at least 4 members (excludes halogenated alkanes) is 2. The lowest BCUT2D eigenvalue weighted by Gasteiger charge is -2.21. The Kier molecular flexibility index (Phi) is 5.20. The molecule has 0 saturated heterocycles. The van der Waals surface area contributed by atoms with E-state index in [-0.39, 0.29) is 0 Å². The van der Waals surface area contributed by atoms with Crippen molar-refractivity contribution in [3.63, 3.8) is 0 Å². The largest absolute Gasteiger partial charge is 0.348 e. The molecule has 0 spiro atoms. The van der Waals surface area contributed by atoms with Crippen molar-refractivity contribution in [2.75, 3.05) is 18.0 Å². The van der Waals surface area contributed by atoms with Crippen LogP contribution in [0.15, 0.2) is 18.2 Å². The molecule has 0 saturated carbocycles. The van der Waals surface area contributed by atoms with Gasteiger partial charge in [-0.15, -0.1) is 0 Å². The zero-order chi connectivity index (χ0) is 13.7. The summed E-state index contributed by atoms with van der Waals surface area (Å²) in [5.41, 5.74) is 2.46. The number of hydrogen-bond donors (Lipinski definition) is 0. The van der Waals surface area contributed by atoms with Crippen molar-refractivity contribution in [1.82, 2.24) is 4.98 Å². The van der Waals surface area contributed by atoms with Crippen molar-refractivity contribution in [1.29, 1.82) is 0 Å². The molecule has 0 aliphatic heterocycles. The lowest BCUT2D eigenvalue weighted by atomic mass is 10.2. The van der Waals surface area contributed by atoms with Gasteiger partial charge in [-0.3, -0.25) is 0 Å². The molecule has 0 bridgehead atoms. The average Bonchev–Trinajstić information content (AvgIpc) is 2.84. The molecular formula is C16H24N2S. The summed E-state index contributed by atoms with van der Waals surface area (Å²) in [6.07, 6.45) is 4.98. The predicted octanol–water partition coefficient (Wildman–Crippen LogP) is 5.01. The van der Waals surface area contributed by atoms with Gasteiger partial charge in [-0.2, -0.15) is 0 Å². The van der Waals surface area contributed by atoms with Crippen LogP contribution >= 0.6 is 11.3 Å². The van der Waals surface area contributed by atoms with Crippen molar-refractivity contribution < 1.29 is 0 Å². The first-order valence-electron chi connectivity index (χ1n) is 7.37. The van der Waals surface area contributed by atoms with Gasteiger partial charge in [0, 0.05) is 13.1 Å². The Morgan fingerprint density at radius 3 is 2.37 bits per heavy atom. The van der Waals surface area contributed by atoms with E-state index in [1.54, 1.807) is 0 Å². The van der Waals surface area contributed by atoms with E-state index in [0.717, 1.165) is 13.1 Å². The minimum atomic E-state index is 1.13. The molecule has 0 aliphatic rings. The van der Waals surface area contributed by atoms with E-state index in [1.807, 2.05) is 11.3 Å². The highest BCUT2D eigenvalue weighted by molar-refractivity contribution is 7.22. The number of nitrogens with zero attached hydrogens (tertiary/aromatic N) is 2. The second-order valence-electron chi connectivity index (χ2n) is 5.11. The van der Waals surface area contributed by atoms with Crippen LogP contribution in [0.5, 0.6) is 0 Å². The first kappa shape index (κ1) is 14.3. The first-order valence-corrected chi connectivity index (χ1v) is 8.19. The minimum absolute atomic E-state index is 1.13. The summed E-state index contributed by atoms with van der Waals surface area (Å²) in [6.45, 7) is 8.92. The number of aromatic nitrogens is 1. The van der Waals surface area contributed by atoms with Gasteiger partial charge >= 0.3 is 0 Å². The molecule has 0 unspecified atom stereocenters. The van der Waals surface area contributed by atoms with Gasteiger partial charge in [-0.05, 0) is 31.4 Å². The second kappa shape index (κ2) is 6.90. The molecule has 2 rings (SSSR count). The third-order valence-electron chi connectivity index (χ3n) is 3.44. The smallest absolute Gasteiger partial charge is 0.186 e. The predicted molar refractivity (Wildman–Crippen MR) is 86.4 cm³/mol. The quantitative estimate of drug-likeness (QED) is 0.706. The molecule has 3 heteroatoms. The normalized spacial score (nSPS) is 11.1. The van der Waals surface area contributed by atoms with Crippen LogP contribution in [0.25, 0.3) is 10.2 Å². The fourth-order valence-electron chi connectivity index (χ4n) is 2.21. The van der Waals surface area contributed by atoms with Crippen molar-refractivity contribution in [2.24, 2.45) is 0 Å². The summed E-state index contributed by atoms with van der Waals surface area (Å²) in [6, 6.07) is 6.46. The summed E-state index contributed by atoms with van der Waals surface area (Å²) in [5, 5.41) is 1.20. The molecule has 0 fully saturated rings. The summed E-state index contributed by atoms with van der Waals surface area (Å²) >= 11 is 1.84. The lowest BCUT2D eigenvalue weighted by Crippen LogP contribution is -2.25. The number of rotatable bonds is 7. The maximum Gasteiger partial charge on any atom is 0.186 e. The number of thiazole rings is 1. The van der Waals surface area contributed by atoms with Crippen LogP contribution < -0.4 is 4.90 Å².